The van der Waals surface area contributed by atoms with Crippen molar-refractivity contribution in [1.29, 1.82) is 0 Å². The normalized spacial score (nSPS) is 20.3. The third-order valence-corrected chi connectivity index (χ3v) is 4.29. The highest BCUT2D eigenvalue weighted by molar-refractivity contribution is 7.10. The molecule has 1 N–H and O–H groups in total. The maximum atomic E-state index is 10.5. The summed E-state index contributed by atoms with van der Waals surface area (Å²) in [5.41, 5.74) is -0.303. The van der Waals surface area contributed by atoms with Crippen molar-refractivity contribution in [1.82, 2.24) is 4.90 Å². The molecular formula is C13H19NO3S. The van der Waals surface area contributed by atoms with Gasteiger partial charge in [-0.15, -0.1) is 11.3 Å². The molecule has 0 bridgehead atoms. The molecule has 1 unspecified atom stereocenters. The first-order valence-corrected chi connectivity index (χ1v) is 7.05. The zero-order valence-electron chi connectivity index (χ0n) is 10.8. The molecule has 0 aliphatic carbocycles. The van der Waals surface area contributed by atoms with Gasteiger partial charge >= 0.3 is 5.97 Å². The van der Waals surface area contributed by atoms with Gasteiger partial charge in [0.05, 0.1) is 5.60 Å². The van der Waals surface area contributed by atoms with Crippen molar-refractivity contribution in [2.24, 2.45) is 0 Å². The summed E-state index contributed by atoms with van der Waals surface area (Å²) in [5.74, 6) is -0.903. The maximum absolute atomic E-state index is 10.5. The Morgan fingerprint density at radius 1 is 1.67 bits per heavy atom. The minimum absolute atomic E-state index is 0.208. The van der Waals surface area contributed by atoms with E-state index in [1.807, 2.05) is 6.92 Å². The molecule has 1 aromatic rings. The van der Waals surface area contributed by atoms with Gasteiger partial charge in [0, 0.05) is 24.0 Å². The second-order valence-corrected chi connectivity index (χ2v) is 5.96. The molecule has 0 aromatic carbocycles. The van der Waals surface area contributed by atoms with Gasteiger partial charge in [-0.2, -0.15) is 0 Å². The zero-order chi connectivity index (χ0) is 13.2. The van der Waals surface area contributed by atoms with Gasteiger partial charge in [-0.3, -0.25) is 4.90 Å². The summed E-state index contributed by atoms with van der Waals surface area (Å²) in [6.07, 6.45) is 1.07. The van der Waals surface area contributed by atoms with Gasteiger partial charge in [0.15, 0.2) is 0 Å². The number of likely N-dealkylation sites (tertiary alicyclic amines) is 1. The van der Waals surface area contributed by atoms with Crippen LogP contribution in [0.25, 0.3) is 0 Å². The predicted molar refractivity (Wildman–Crippen MR) is 70.9 cm³/mol. The fourth-order valence-electron chi connectivity index (χ4n) is 2.48. The quantitative estimate of drug-likeness (QED) is 0.861. The Hall–Kier alpha value is -0.910. The van der Waals surface area contributed by atoms with E-state index in [0.717, 1.165) is 19.5 Å². The lowest BCUT2D eigenvalue weighted by molar-refractivity contribution is -0.170. The van der Waals surface area contributed by atoms with Crippen LogP contribution < -0.4 is 0 Å². The van der Waals surface area contributed by atoms with Gasteiger partial charge in [-0.25, -0.2) is 4.79 Å². The molecule has 18 heavy (non-hydrogen) atoms. The van der Waals surface area contributed by atoms with Crippen molar-refractivity contribution in [3.8, 4) is 0 Å². The highest BCUT2D eigenvalue weighted by Crippen LogP contribution is 2.36. The number of carboxylic acids is 1. The molecule has 0 saturated carbocycles. The first-order chi connectivity index (χ1) is 8.54. The number of carboxylic acid groups (broad SMARTS) is 1. The van der Waals surface area contributed by atoms with Gasteiger partial charge in [-0.05, 0) is 24.8 Å². The molecule has 1 aliphatic heterocycles. The Morgan fingerprint density at radius 3 is 2.89 bits per heavy atom. The van der Waals surface area contributed by atoms with Crippen molar-refractivity contribution in [3.63, 3.8) is 0 Å². The van der Waals surface area contributed by atoms with Crippen molar-refractivity contribution in [2.75, 3.05) is 19.7 Å². The van der Waals surface area contributed by atoms with Crippen LogP contribution >= 0.6 is 11.3 Å². The fourth-order valence-corrected chi connectivity index (χ4v) is 3.42. The van der Waals surface area contributed by atoms with Gasteiger partial charge < -0.3 is 9.84 Å². The minimum atomic E-state index is -0.903. The van der Waals surface area contributed by atoms with Crippen LogP contribution in [0.3, 0.4) is 0 Å². The van der Waals surface area contributed by atoms with Crippen LogP contribution in [-0.4, -0.2) is 41.3 Å². The van der Waals surface area contributed by atoms with Crippen LogP contribution in [0.1, 0.15) is 31.2 Å². The number of thiophene rings is 1. The third-order valence-electron chi connectivity index (χ3n) is 3.32. The average molecular weight is 269 g/mol. The third kappa shape index (κ3) is 2.91. The number of aliphatic carboxylic acids is 1. The highest BCUT2D eigenvalue weighted by atomic mass is 32.1. The molecule has 0 radical (unpaired) electrons. The maximum Gasteiger partial charge on any atom is 0.329 e. The zero-order valence-corrected chi connectivity index (χ0v) is 11.6. The van der Waals surface area contributed by atoms with Gasteiger partial charge in [0.25, 0.3) is 0 Å². The lowest BCUT2D eigenvalue weighted by Crippen LogP contribution is -2.62. The van der Waals surface area contributed by atoms with E-state index in [1.54, 1.807) is 11.3 Å². The number of hydrogen-bond acceptors (Lipinski definition) is 4. The van der Waals surface area contributed by atoms with Crippen LogP contribution in [0.2, 0.25) is 0 Å². The predicted octanol–water partition coefficient (Wildman–Crippen LogP) is 2.37. The summed E-state index contributed by atoms with van der Waals surface area (Å²) in [6.45, 7) is 5.55. The molecule has 1 saturated heterocycles. The SMILES string of the molecule is CCC(c1cccs1)N1CC(C)(OCC(=O)O)C1. The summed E-state index contributed by atoms with van der Waals surface area (Å²) < 4.78 is 5.43. The minimum Gasteiger partial charge on any atom is -0.480 e. The van der Waals surface area contributed by atoms with Crippen LogP contribution in [0.15, 0.2) is 17.5 Å². The summed E-state index contributed by atoms with van der Waals surface area (Å²) in [7, 11) is 0. The van der Waals surface area contributed by atoms with Crippen LogP contribution in [0, 0.1) is 0 Å². The van der Waals surface area contributed by atoms with Crippen LogP contribution in [-0.2, 0) is 9.53 Å². The highest BCUT2D eigenvalue weighted by Gasteiger charge is 2.43. The molecule has 1 atom stereocenters. The first kappa shape index (κ1) is 13.5. The number of carbonyl (C=O) groups is 1. The smallest absolute Gasteiger partial charge is 0.329 e. The largest absolute Gasteiger partial charge is 0.480 e. The van der Waals surface area contributed by atoms with Gasteiger partial charge in [0.1, 0.15) is 6.61 Å². The average Bonchev–Trinajstić information content (AvgIpc) is 2.79. The van der Waals surface area contributed by atoms with Crippen molar-refractivity contribution in [2.45, 2.75) is 31.9 Å². The van der Waals surface area contributed by atoms with E-state index in [2.05, 4.69) is 29.3 Å². The summed E-state index contributed by atoms with van der Waals surface area (Å²) in [4.78, 5) is 14.2. The van der Waals surface area contributed by atoms with Crippen LogP contribution in [0.4, 0.5) is 0 Å². The van der Waals surface area contributed by atoms with Crippen molar-refractivity contribution in [3.05, 3.63) is 22.4 Å². The molecule has 0 spiro atoms. The lowest BCUT2D eigenvalue weighted by Gasteiger charge is -2.50. The van der Waals surface area contributed by atoms with E-state index < -0.39 is 5.97 Å². The Labute approximate surface area is 111 Å². The Morgan fingerprint density at radius 2 is 2.39 bits per heavy atom. The molecule has 2 heterocycles. The van der Waals surface area contributed by atoms with Crippen molar-refractivity contribution >= 4 is 17.3 Å². The Balaban J connectivity index is 1.89. The number of hydrogen-bond donors (Lipinski definition) is 1. The molecule has 0 amide bonds. The van der Waals surface area contributed by atoms with Gasteiger partial charge in [0.2, 0.25) is 0 Å². The summed E-state index contributed by atoms with van der Waals surface area (Å²) in [6, 6.07) is 4.67. The standard InChI is InChI=1S/C13H19NO3S/c1-3-10(11-5-4-6-18-11)14-8-13(2,9-14)17-7-12(15)16/h4-6,10H,3,7-9H2,1-2H3,(H,15,16). The monoisotopic (exact) mass is 269 g/mol. The topological polar surface area (TPSA) is 49.8 Å². The Bertz CT molecular complexity index is 398. The second-order valence-electron chi connectivity index (χ2n) is 4.98. The molecule has 1 fully saturated rings. The van der Waals surface area contributed by atoms with E-state index in [4.69, 9.17) is 9.84 Å². The molecule has 1 aromatic heterocycles. The number of ether oxygens (including phenoxy) is 1. The molecule has 1 aliphatic rings. The Kier molecular flexibility index (Phi) is 4.04. The second kappa shape index (κ2) is 5.38. The van der Waals surface area contributed by atoms with E-state index in [1.165, 1.54) is 4.88 Å². The van der Waals surface area contributed by atoms with E-state index in [9.17, 15) is 4.79 Å². The molecule has 4 nitrogen and oxygen atoms in total. The molecule has 100 valence electrons. The van der Waals surface area contributed by atoms with E-state index in [0.29, 0.717) is 6.04 Å². The lowest BCUT2D eigenvalue weighted by atomic mass is 9.93. The first-order valence-electron chi connectivity index (χ1n) is 6.17. The summed E-state index contributed by atoms with van der Waals surface area (Å²) >= 11 is 1.77. The van der Waals surface area contributed by atoms with Crippen LogP contribution in [0.5, 0.6) is 0 Å². The number of rotatable bonds is 6. The number of nitrogens with zero attached hydrogens (tertiary/aromatic N) is 1. The fraction of sp³-hybridized carbons (Fsp3) is 0.615. The summed E-state index contributed by atoms with van der Waals surface area (Å²) in [5, 5.41) is 10.7. The van der Waals surface area contributed by atoms with Gasteiger partial charge in [-0.1, -0.05) is 13.0 Å². The van der Waals surface area contributed by atoms with Crippen molar-refractivity contribution < 1.29 is 14.6 Å². The molecule has 5 heteroatoms. The molecule has 2 rings (SSSR count). The van der Waals surface area contributed by atoms with E-state index >= 15 is 0 Å². The molecular weight excluding hydrogens is 250 g/mol. The van der Waals surface area contributed by atoms with E-state index in [-0.39, 0.29) is 12.2 Å².